The summed E-state index contributed by atoms with van der Waals surface area (Å²) in [6.07, 6.45) is 5.24. The van der Waals surface area contributed by atoms with Crippen molar-refractivity contribution in [3.05, 3.63) is 59.2 Å². The normalized spacial score (nSPS) is 27.8. The number of benzene rings is 2. The predicted molar refractivity (Wildman–Crippen MR) is 96.6 cm³/mol. The van der Waals surface area contributed by atoms with Gasteiger partial charge in [-0.25, -0.2) is 0 Å². The summed E-state index contributed by atoms with van der Waals surface area (Å²) >= 11 is 0. The van der Waals surface area contributed by atoms with Crippen molar-refractivity contribution < 1.29 is 10.2 Å². The fourth-order valence-corrected chi connectivity index (χ4v) is 5.20. The molecule has 128 valence electrons. The zero-order valence-electron chi connectivity index (χ0n) is 14.2. The van der Waals surface area contributed by atoms with Gasteiger partial charge >= 0.3 is 0 Å². The van der Waals surface area contributed by atoms with Crippen molar-refractivity contribution >= 4 is 0 Å². The molecular weight excluding hydrogens is 310 g/mol. The van der Waals surface area contributed by atoms with Crippen LogP contribution in [0.5, 0.6) is 11.5 Å². The van der Waals surface area contributed by atoms with Gasteiger partial charge in [-0.2, -0.15) is 5.26 Å². The van der Waals surface area contributed by atoms with Gasteiger partial charge in [0.25, 0.3) is 0 Å². The van der Waals surface area contributed by atoms with E-state index >= 15 is 0 Å². The minimum atomic E-state index is 0.143. The fourth-order valence-electron chi connectivity index (χ4n) is 5.20. The van der Waals surface area contributed by atoms with Gasteiger partial charge in [0.2, 0.25) is 0 Å². The van der Waals surface area contributed by atoms with Gasteiger partial charge in [0.1, 0.15) is 11.5 Å². The molecule has 0 spiro atoms. The summed E-state index contributed by atoms with van der Waals surface area (Å²) in [7, 11) is 0. The van der Waals surface area contributed by atoms with Crippen molar-refractivity contribution in [3.8, 4) is 17.6 Å². The van der Waals surface area contributed by atoms with Gasteiger partial charge in [-0.1, -0.05) is 31.0 Å². The van der Waals surface area contributed by atoms with E-state index in [0.29, 0.717) is 29.9 Å². The molecule has 4 atom stereocenters. The lowest BCUT2D eigenvalue weighted by Crippen LogP contribution is -2.33. The van der Waals surface area contributed by atoms with Crippen molar-refractivity contribution in [1.82, 2.24) is 0 Å². The van der Waals surface area contributed by atoms with Gasteiger partial charge < -0.3 is 10.2 Å². The molecule has 0 radical (unpaired) electrons. The third-order valence-corrected chi connectivity index (χ3v) is 6.17. The average Bonchev–Trinajstić information content (AvgIpc) is 2.63. The molecular formula is C22H23NO2. The number of hydrogen-bond acceptors (Lipinski definition) is 3. The first-order valence-electron chi connectivity index (χ1n) is 9.17. The molecule has 0 heterocycles. The maximum absolute atomic E-state index is 10.0. The Balaban J connectivity index is 1.87. The molecule has 0 bridgehead atoms. The number of phenols is 2. The maximum atomic E-state index is 10.0. The number of hydrogen-bond donors (Lipinski definition) is 2. The van der Waals surface area contributed by atoms with Crippen LogP contribution in [0.2, 0.25) is 0 Å². The molecule has 2 N–H and O–H groups in total. The number of nitriles is 1. The van der Waals surface area contributed by atoms with Crippen molar-refractivity contribution in [2.75, 3.05) is 0 Å². The highest BCUT2D eigenvalue weighted by Crippen LogP contribution is 2.57. The molecule has 2 aromatic carbocycles. The molecule has 3 nitrogen and oxygen atoms in total. The Bertz CT molecular complexity index is 806. The summed E-state index contributed by atoms with van der Waals surface area (Å²) < 4.78 is 0. The molecule has 2 aliphatic rings. The SMILES string of the molecule is N#CCC1c2ccc(O)cc2C2CCCCC2C1c1ccc(O)cc1. The van der Waals surface area contributed by atoms with Gasteiger partial charge in [0, 0.05) is 12.3 Å². The topological polar surface area (TPSA) is 64.2 Å². The van der Waals surface area contributed by atoms with Crippen molar-refractivity contribution in [1.29, 1.82) is 5.26 Å². The Morgan fingerprint density at radius 2 is 1.64 bits per heavy atom. The standard InChI is InChI=1S/C22H23NO2/c23-12-11-20-18-10-9-16(25)13-21(18)17-3-1-2-4-19(17)22(20)14-5-7-15(24)8-6-14/h5-10,13,17,19-20,22,24-25H,1-4,11H2. The van der Waals surface area contributed by atoms with Crippen LogP contribution < -0.4 is 0 Å². The van der Waals surface area contributed by atoms with Crippen LogP contribution in [-0.4, -0.2) is 10.2 Å². The number of nitrogens with zero attached hydrogens (tertiary/aromatic N) is 1. The molecule has 2 aliphatic carbocycles. The highest BCUT2D eigenvalue weighted by atomic mass is 16.3. The monoisotopic (exact) mass is 333 g/mol. The van der Waals surface area contributed by atoms with E-state index in [1.54, 1.807) is 18.2 Å². The lowest BCUT2D eigenvalue weighted by molar-refractivity contribution is 0.218. The van der Waals surface area contributed by atoms with Gasteiger partial charge in [0.15, 0.2) is 0 Å². The molecule has 4 rings (SSSR count). The van der Waals surface area contributed by atoms with Crippen LogP contribution in [-0.2, 0) is 0 Å². The van der Waals surface area contributed by atoms with Crippen LogP contribution in [0.1, 0.15) is 66.5 Å². The highest BCUT2D eigenvalue weighted by Gasteiger charge is 2.44. The summed E-state index contributed by atoms with van der Waals surface area (Å²) in [6, 6.07) is 15.6. The minimum Gasteiger partial charge on any atom is -0.508 e. The zero-order valence-corrected chi connectivity index (χ0v) is 14.2. The Labute approximate surface area is 148 Å². The Kier molecular flexibility index (Phi) is 4.13. The molecule has 1 fully saturated rings. The zero-order chi connectivity index (χ0) is 17.4. The van der Waals surface area contributed by atoms with E-state index in [0.717, 1.165) is 12.8 Å². The van der Waals surface area contributed by atoms with Crippen LogP contribution >= 0.6 is 0 Å². The van der Waals surface area contributed by atoms with Gasteiger partial charge in [-0.05, 0) is 71.6 Å². The van der Waals surface area contributed by atoms with Gasteiger partial charge in [0.05, 0.1) is 6.07 Å². The smallest absolute Gasteiger partial charge is 0.115 e. The number of aromatic hydroxyl groups is 2. The summed E-state index contributed by atoms with van der Waals surface area (Å²) in [4.78, 5) is 0. The molecule has 2 aromatic rings. The minimum absolute atomic E-state index is 0.143. The van der Waals surface area contributed by atoms with Crippen LogP contribution in [0, 0.1) is 17.2 Å². The number of rotatable bonds is 2. The van der Waals surface area contributed by atoms with Gasteiger partial charge in [-0.3, -0.25) is 0 Å². The second-order valence-electron chi connectivity index (χ2n) is 7.45. The van der Waals surface area contributed by atoms with Crippen molar-refractivity contribution in [2.45, 2.75) is 49.9 Å². The van der Waals surface area contributed by atoms with E-state index in [9.17, 15) is 15.5 Å². The summed E-state index contributed by atoms with van der Waals surface area (Å²) in [5.41, 5.74) is 3.69. The third kappa shape index (κ3) is 2.76. The average molecular weight is 333 g/mol. The van der Waals surface area contributed by atoms with Crippen LogP contribution in [0.4, 0.5) is 0 Å². The molecule has 0 saturated heterocycles. The largest absolute Gasteiger partial charge is 0.508 e. The Morgan fingerprint density at radius 3 is 2.40 bits per heavy atom. The van der Waals surface area contributed by atoms with E-state index in [2.05, 4.69) is 6.07 Å². The molecule has 0 aliphatic heterocycles. The molecule has 3 heteroatoms. The van der Waals surface area contributed by atoms with E-state index in [1.807, 2.05) is 24.3 Å². The van der Waals surface area contributed by atoms with E-state index in [4.69, 9.17) is 0 Å². The van der Waals surface area contributed by atoms with Crippen molar-refractivity contribution in [2.24, 2.45) is 5.92 Å². The third-order valence-electron chi connectivity index (χ3n) is 6.17. The van der Waals surface area contributed by atoms with Crippen LogP contribution in [0.15, 0.2) is 42.5 Å². The maximum Gasteiger partial charge on any atom is 0.115 e. The predicted octanol–water partition coefficient (Wildman–Crippen LogP) is 5.17. The van der Waals surface area contributed by atoms with Gasteiger partial charge in [-0.15, -0.1) is 0 Å². The molecule has 4 unspecified atom stereocenters. The Morgan fingerprint density at radius 1 is 0.920 bits per heavy atom. The van der Waals surface area contributed by atoms with Crippen molar-refractivity contribution in [3.63, 3.8) is 0 Å². The quantitative estimate of drug-likeness (QED) is 0.797. The van der Waals surface area contributed by atoms with E-state index < -0.39 is 0 Å². The fraction of sp³-hybridized carbons (Fsp3) is 0.409. The molecule has 0 amide bonds. The first kappa shape index (κ1) is 16.0. The first-order valence-corrected chi connectivity index (χ1v) is 9.17. The van der Waals surface area contributed by atoms with E-state index in [1.165, 1.54) is 29.5 Å². The first-order chi connectivity index (χ1) is 12.2. The molecule has 1 saturated carbocycles. The Hall–Kier alpha value is -2.47. The lowest BCUT2D eigenvalue weighted by atomic mass is 9.57. The highest BCUT2D eigenvalue weighted by molar-refractivity contribution is 5.46. The molecule has 0 aromatic heterocycles. The number of fused-ring (bicyclic) bond motifs is 3. The molecule has 25 heavy (non-hydrogen) atoms. The second-order valence-corrected chi connectivity index (χ2v) is 7.45. The van der Waals surface area contributed by atoms with Crippen LogP contribution in [0.25, 0.3) is 0 Å². The summed E-state index contributed by atoms with van der Waals surface area (Å²) in [5.74, 6) is 1.98. The summed E-state index contributed by atoms with van der Waals surface area (Å²) in [5, 5.41) is 29.1. The van der Waals surface area contributed by atoms with Crippen LogP contribution in [0.3, 0.4) is 0 Å². The lowest BCUT2D eigenvalue weighted by Gasteiger charge is -2.47. The summed E-state index contributed by atoms with van der Waals surface area (Å²) in [6.45, 7) is 0. The number of phenolic OH excluding ortho intramolecular Hbond substituents is 2. The second kappa shape index (κ2) is 6.44. The van der Waals surface area contributed by atoms with E-state index in [-0.39, 0.29) is 11.7 Å².